The van der Waals surface area contributed by atoms with Gasteiger partial charge in [-0.3, -0.25) is 0 Å². The van der Waals surface area contributed by atoms with E-state index >= 15 is 0 Å². The van der Waals surface area contributed by atoms with Crippen LogP contribution in [0.2, 0.25) is 0 Å². The summed E-state index contributed by atoms with van der Waals surface area (Å²) in [5, 5.41) is 10.2. The summed E-state index contributed by atoms with van der Waals surface area (Å²) >= 11 is 0. The SMILES string of the molecule is COc1ccc(F)cc1-c1cc(C(=O)O)c2c(C)ccc(C)c2n1. The maximum Gasteiger partial charge on any atom is 0.336 e. The number of carboxylic acid groups (broad SMARTS) is 1. The summed E-state index contributed by atoms with van der Waals surface area (Å²) in [6, 6.07) is 9.31. The van der Waals surface area contributed by atoms with Crippen LogP contribution in [0.4, 0.5) is 4.39 Å². The van der Waals surface area contributed by atoms with Gasteiger partial charge in [-0.05, 0) is 49.2 Å². The lowest BCUT2D eigenvalue weighted by atomic mass is 9.98. The van der Waals surface area contributed by atoms with Gasteiger partial charge in [-0.2, -0.15) is 0 Å². The lowest BCUT2D eigenvalue weighted by Gasteiger charge is -2.13. The third kappa shape index (κ3) is 2.58. The third-order valence-electron chi connectivity index (χ3n) is 4.04. The number of aromatic carboxylic acids is 1. The molecule has 0 saturated heterocycles. The van der Waals surface area contributed by atoms with Crippen molar-refractivity contribution in [1.29, 1.82) is 0 Å². The highest BCUT2D eigenvalue weighted by Crippen LogP contribution is 2.33. The number of pyridine rings is 1. The molecule has 0 aliphatic rings. The minimum absolute atomic E-state index is 0.141. The Labute approximate surface area is 138 Å². The van der Waals surface area contributed by atoms with E-state index in [0.29, 0.717) is 27.9 Å². The summed E-state index contributed by atoms with van der Waals surface area (Å²) in [5.41, 5.74) is 3.21. The molecule has 0 bridgehead atoms. The number of aryl methyl sites for hydroxylation is 2. The Morgan fingerprint density at radius 1 is 1.12 bits per heavy atom. The second kappa shape index (κ2) is 5.92. The molecule has 1 heterocycles. The summed E-state index contributed by atoms with van der Waals surface area (Å²) in [7, 11) is 1.48. The molecule has 5 heteroatoms. The Morgan fingerprint density at radius 2 is 1.83 bits per heavy atom. The lowest BCUT2D eigenvalue weighted by Crippen LogP contribution is -2.03. The Kier molecular flexibility index (Phi) is 3.93. The number of hydrogen-bond acceptors (Lipinski definition) is 3. The fourth-order valence-electron chi connectivity index (χ4n) is 2.83. The molecule has 0 spiro atoms. The van der Waals surface area contributed by atoms with Crippen LogP contribution >= 0.6 is 0 Å². The van der Waals surface area contributed by atoms with Gasteiger partial charge >= 0.3 is 5.97 Å². The molecule has 0 saturated carbocycles. The van der Waals surface area contributed by atoms with Gasteiger partial charge in [-0.15, -0.1) is 0 Å². The Morgan fingerprint density at radius 3 is 2.50 bits per heavy atom. The lowest BCUT2D eigenvalue weighted by molar-refractivity contribution is 0.0699. The topological polar surface area (TPSA) is 59.4 Å². The second-order valence-corrected chi connectivity index (χ2v) is 5.63. The van der Waals surface area contributed by atoms with Crippen molar-refractivity contribution in [2.24, 2.45) is 0 Å². The standard InChI is InChI=1S/C19H16FNO3/c1-10-4-5-11(2)18-17(10)14(19(22)23)9-15(21-18)13-8-12(20)6-7-16(13)24-3/h4-9H,1-3H3,(H,22,23). The first-order chi connectivity index (χ1) is 11.4. The van der Waals surface area contributed by atoms with Crippen LogP contribution in [0.5, 0.6) is 5.75 Å². The average molecular weight is 325 g/mol. The van der Waals surface area contributed by atoms with Crippen molar-refractivity contribution in [2.75, 3.05) is 7.11 Å². The Balaban J connectivity index is 2.41. The largest absolute Gasteiger partial charge is 0.496 e. The van der Waals surface area contributed by atoms with Gasteiger partial charge in [0.1, 0.15) is 11.6 Å². The molecule has 3 rings (SSSR count). The normalized spacial score (nSPS) is 10.8. The van der Waals surface area contributed by atoms with Crippen LogP contribution in [-0.2, 0) is 0 Å². The molecule has 0 atom stereocenters. The number of methoxy groups -OCH3 is 1. The quantitative estimate of drug-likeness (QED) is 0.777. The second-order valence-electron chi connectivity index (χ2n) is 5.63. The molecule has 4 nitrogen and oxygen atoms in total. The monoisotopic (exact) mass is 325 g/mol. The molecule has 3 aromatic rings. The first-order valence-electron chi connectivity index (χ1n) is 7.40. The minimum Gasteiger partial charge on any atom is -0.496 e. The number of ether oxygens (including phenoxy) is 1. The molecule has 2 aromatic carbocycles. The van der Waals surface area contributed by atoms with Crippen LogP contribution in [-0.4, -0.2) is 23.2 Å². The van der Waals surface area contributed by atoms with E-state index in [9.17, 15) is 14.3 Å². The highest BCUT2D eigenvalue weighted by atomic mass is 19.1. The number of rotatable bonds is 3. The summed E-state index contributed by atoms with van der Waals surface area (Å²) < 4.78 is 19.0. The fraction of sp³-hybridized carbons (Fsp3) is 0.158. The first-order valence-corrected chi connectivity index (χ1v) is 7.40. The van der Waals surface area contributed by atoms with Crippen molar-refractivity contribution in [1.82, 2.24) is 4.98 Å². The van der Waals surface area contributed by atoms with E-state index in [1.54, 1.807) is 0 Å². The van der Waals surface area contributed by atoms with Crippen molar-refractivity contribution in [2.45, 2.75) is 13.8 Å². The number of hydrogen-bond donors (Lipinski definition) is 1. The molecule has 1 aromatic heterocycles. The van der Waals surface area contributed by atoms with Crippen molar-refractivity contribution in [3.8, 4) is 17.0 Å². The number of carboxylic acids is 1. The number of aromatic nitrogens is 1. The van der Waals surface area contributed by atoms with E-state index in [1.165, 1.54) is 31.4 Å². The molecule has 0 fully saturated rings. The number of carbonyl (C=O) groups is 1. The van der Waals surface area contributed by atoms with Crippen molar-refractivity contribution in [3.05, 3.63) is 58.9 Å². The van der Waals surface area contributed by atoms with E-state index in [0.717, 1.165) is 11.1 Å². The highest BCUT2D eigenvalue weighted by Gasteiger charge is 2.18. The van der Waals surface area contributed by atoms with E-state index < -0.39 is 11.8 Å². The molecule has 0 aliphatic heterocycles. The molecular formula is C19H16FNO3. The first kappa shape index (κ1) is 15.9. The molecule has 24 heavy (non-hydrogen) atoms. The summed E-state index contributed by atoms with van der Waals surface area (Å²) in [5.74, 6) is -1.05. The molecule has 0 radical (unpaired) electrons. The van der Waals surface area contributed by atoms with Gasteiger partial charge in [0.2, 0.25) is 0 Å². The molecular weight excluding hydrogens is 309 g/mol. The van der Waals surface area contributed by atoms with Crippen LogP contribution in [0.25, 0.3) is 22.2 Å². The van der Waals surface area contributed by atoms with Gasteiger partial charge < -0.3 is 9.84 Å². The molecule has 0 aliphatic carbocycles. The Hall–Kier alpha value is -2.95. The van der Waals surface area contributed by atoms with Crippen LogP contribution in [0.15, 0.2) is 36.4 Å². The zero-order valence-electron chi connectivity index (χ0n) is 13.6. The van der Waals surface area contributed by atoms with Gasteiger partial charge in [-0.25, -0.2) is 14.2 Å². The van der Waals surface area contributed by atoms with Crippen molar-refractivity contribution < 1.29 is 19.0 Å². The van der Waals surface area contributed by atoms with Crippen molar-refractivity contribution >= 4 is 16.9 Å². The van der Waals surface area contributed by atoms with Gasteiger partial charge in [0, 0.05) is 10.9 Å². The molecule has 1 N–H and O–H groups in total. The van der Waals surface area contributed by atoms with Gasteiger partial charge in [0.05, 0.1) is 23.9 Å². The van der Waals surface area contributed by atoms with E-state index in [4.69, 9.17) is 4.74 Å². The number of halogens is 1. The summed E-state index contributed by atoms with van der Waals surface area (Å²) in [6.45, 7) is 3.71. The third-order valence-corrected chi connectivity index (χ3v) is 4.04. The van der Waals surface area contributed by atoms with Crippen LogP contribution < -0.4 is 4.74 Å². The number of fused-ring (bicyclic) bond motifs is 1. The van der Waals surface area contributed by atoms with E-state index in [-0.39, 0.29) is 5.56 Å². The maximum absolute atomic E-state index is 13.7. The van der Waals surface area contributed by atoms with E-state index in [2.05, 4.69) is 4.98 Å². The maximum atomic E-state index is 13.7. The molecule has 0 unspecified atom stereocenters. The van der Waals surface area contributed by atoms with Crippen LogP contribution in [0, 0.1) is 19.7 Å². The average Bonchev–Trinajstić information content (AvgIpc) is 2.57. The predicted molar refractivity (Wildman–Crippen MR) is 90.1 cm³/mol. The number of benzene rings is 2. The zero-order chi connectivity index (χ0) is 17.4. The molecule has 122 valence electrons. The minimum atomic E-state index is -1.05. The van der Waals surface area contributed by atoms with Gasteiger partial charge in [0.15, 0.2) is 0 Å². The zero-order valence-corrected chi connectivity index (χ0v) is 13.6. The Bertz CT molecular complexity index is 966. The molecule has 0 amide bonds. The highest BCUT2D eigenvalue weighted by molar-refractivity contribution is 6.06. The van der Waals surface area contributed by atoms with E-state index in [1.807, 2.05) is 26.0 Å². The van der Waals surface area contributed by atoms with Gasteiger partial charge in [-0.1, -0.05) is 12.1 Å². The van der Waals surface area contributed by atoms with Crippen LogP contribution in [0.3, 0.4) is 0 Å². The van der Waals surface area contributed by atoms with Crippen LogP contribution in [0.1, 0.15) is 21.5 Å². The smallest absolute Gasteiger partial charge is 0.336 e. The van der Waals surface area contributed by atoms with Gasteiger partial charge in [0.25, 0.3) is 0 Å². The fourth-order valence-corrected chi connectivity index (χ4v) is 2.83. The van der Waals surface area contributed by atoms with Crippen molar-refractivity contribution in [3.63, 3.8) is 0 Å². The number of nitrogens with zero attached hydrogens (tertiary/aromatic N) is 1. The summed E-state index contributed by atoms with van der Waals surface area (Å²) in [4.78, 5) is 16.3. The predicted octanol–water partition coefficient (Wildman–Crippen LogP) is 4.36. The summed E-state index contributed by atoms with van der Waals surface area (Å²) in [6.07, 6.45) is 0.